The lowest BCUT2D eigenvalue weighted by Crippen LogP contribution is -2.38. The number of hydrogen-bond acceptors (Lipinski definition) is 5. The molecule has 26 heavy (non-hydrogen) atoms. The summed E-state index contributed by atoms with van der Waals surface area (Å²) in [6.07, 6.45) is 2.12. The topological polar surface area (TPSA) is 81.2 Å². The zero-order valence-corrected chi connectivity index (χ0v) is 16.3. The second-order valence-corrected chi connectivity index (χ2v) is 5.54. The van der Waals surface area contributed by atoms with Gasteiger partial charge in [-0.2, -0.15) is 0 Å². The zero-order valence-electron chi connectivity index (χ0n) is 16.3. The number of carbonyl (C=O) groups excluding carboxylic acids is 1. The summed E-state index contributed by atoms with van der Waals surface area (Å²) in [6, 6.07) is 6.00. The van der Waals surface area contributed by atoms with Crippen LogP contribution < -0.4 is 20.1 Å². The third-order valence-corrected chi connectivity index (χ3v) is 3.61. The first-order valence-corrected chi connectivity index (χ1v) is 9.03. The second-order valence-electron chi connectivity index (χ2n) is 5.54. The van der Waals surface area contributed by atoms with Crippen molar-refractivity contribution in [2.24, 2.45) is 4.99 Å². The van der Waals surface area contributed by atoms with E-state index in [-0.39, 0.29) is 5.97 Å². The first-order valence-electron chi connectivity index (χ1n) is 9.03. The Balaban J connectivity index is 2.49. The van der Waals surface area contributed by atoms with Gasteiger partial charge in [-0.05, 0) is 44.4 Å². The summed E-state index contributed by atoms with van der Waals surface area (Å²) in [5, 5.41) is 6.29. The summed E-state index contributed by atoms with van der Waals surface area (Å²) < 4.78 is 15.5. The van der Waals surface area contributed by atoms with Crippen LogP contribution in [0.3, 0.4) is 0 Å². The minimum absolute atomic E-state index is 0.238. The molecule has 1 aromatic carbocycles. The molecule has 0 amide bonds. The number of methoxy groups -OCH3 is 2. The van der Waals surface area contributed by atoms with Gasteiger partial charge in [-0.1, -0.05) is 6.07 Å². The fraction of sp³-hybridized carbons (Fsp3) is 0.579. The number of benzene rings is 1. The molecule has 0 radical (unpaired) electrons. The highest BCUT2D eigenvalue weighted by Gasteiger charge is 2.05. The van der Waals surface area contributed by atoms with Crippen LogP contribution in [0.5, 0.6) is 11.5 Å². The minimum atomic E-state index is -0.238. The van der Waals surface area contributed by atoms with Gasteiger partial charge in [0.1, 0.15) is 0 Å². The molecule has 2 N–H and O–H groups in total. The van der Waals surface area contributed by atoms with Crippen molar-refractivity contribution in [1.29, 1.82) is 0 Å². The van der Waals surface area contributed by atoms with Crippen molar-refractivity contribution in [2.45, 2.75) is 33.1 Å². The predicted molar refractivity (Wildman–Crippen MR) is 103 cm³/mol. The van der Waals surface area contributed by atoms with E-state index in [1.165, 1.54) is 12.7 Å². The van der Waals surface area contributed by atoms with Crippen LogP contribution in [0.15, 0.2) is 23.2 Å². The summed E-state index contributed by atoms with van der Waals surface area (Å²) in [7, 11) is 3.03. The average molecular weight is 365 g/mol. The maximum absolute atomic E-state index is 11.1. The van der Waals surface area contributed by atoms with Crippen LogP contribution in [0.1, 0.15) is 32.3 Å². The van der Waals surface area contributed by atoms with E-state index in [1.54, 1.807) is 7.11 Å². The van der Waals surface area contributed by atoms with Crippen LogP contribution >= 0.6 is 0 Å². The van der Waals surface area contributed by atoms with E-state index in [1.807, 2.05) is 32.0 Å². The Kier molecular flexibility index (Phi) is 10.7. The molecule has 0 aliphatic carbocycles. The molecule has 7 heteroatoms. The Labute approximate surface area is 156 Å². The molecule has 0 aromatic heterocycles. The highest BCUT2D eigenvalue weighted by molar-refractivity contribution is 5.80. The third kappa shape index (κ3) is 8.09. The lowest BCUT2D eigenvalue weighted by molar-refractivity contribution is -0.140. The fourth-order valence-corrected chi connectivity index (χ4v) is 2.35. The molecule has 0 heterocycles. The van der Waals surface area contributed by atoms with Gasteiger partial charge in [0.2, 0.25) is 0 Å². The average Bonchev–Trinajstić information content (AvgIpc) is 2.65. The molecule has 1 aromatic rings. The van der Waals surface area contributed by atoms with Crippen LogP contribution in [0.4, 0.5) is 0 Å². The van der Waals surface area contributed by atoms with Gasteiger partial charge >= 0.3 is 5.97 Å². The number of carbonyl (C=O) groups is 1. The second kappa shape index (κ2) is 12.9. The Morgan fingerprint density at radius 3 is 2.62 bits per heavy atom. The number of nitrogens with zero attached hydrogens (tertiary/aromatic N) is 1. The molecule has 0 fully saturated rings. The molecule has 7 nitrogen and oxygen atoms in total. The van der Waals surface area contributed by atoms with Gasteiger partial charge in [-0.15, -0.1) is 0 Å². The SMILES string of the molecule is CCNC(=NCCCc1ccc(OC)c(OCC)c1)NCCC(=O)OC. The zero-order chi connectivity index (χ0) is 19.2. The molecular formula is C19H31N3O4. The van der Waals surface area contributed by atoms with Crippen molar-refractivity contribution in [3.63, 3.8) is 0 Å². The minimum Gasteiger partial charge on any atom is -0.493 e. The summed E-state index contributed by atoms with van der Waals surface area (Å²) in [6.45, 7) is 6.51. The van der Waals surface area contributed by atoms with E-state index in [2.05, 4.69) is 20.4 Å². The molecule has 0 unspecified atom stereocenters. The van der Waals surface area contributed by atoms with E-state index in [0.717, 1.165) is 30.9 Å². The molecule has 0 saturated carbocycles. The lowest BCUT2D eigenvalue weighted by Gasteiger charge is -2.12. The molecule has 146 valence electrons. The largest absolute Gasteiger partial charge is 0.493 e. The Morgan fingerprint density at radius 1 is 1.15 bits per heavy atom. The highest BCUT2D eigenvalue weighted by Crippen LogP contribution is 2.28. The van der Waals surface area contributed by atoms with Crippen molar-refractivity contribution in [1.82, 2.24) is 10.6 Å². The standard InChI is InChI=1S/C19H31N3O4/c1-5-20-19(22-13-11-18(23)25-4)21-12-7-8-15-9-10-16(24-3)17(14-15)26-6-2/h9-10,14H,5-8,11-13H2,1-4H3,(H2,20,21,22). The van der Waals surface area contributed by atoms with Crippen LogP contribution in [0.2, 0.25) is 0 Å². The number of aryl methyl sites for hydroxylation is 1. The first kappa shape index (κ1) is 21.6. The van der Waals surface area contributed by atoms with Gasteiger partial charge in [0, 0.05) is 19.6 Å². The van der Waals surface area contributed by atoms with Crippen molar-refractivity contribution in [3.8, 4) is 11.5 Å². The van der Waals surface area contributed by atoms with Crippen LogP contribution in [-0.2, 0) is 16.0 Å². The molecule has 0 spiro atoms. The van der Waals surface area contributed by atoms with Gasteiger partial charge in [0.15, 0.2) is 17.5 Å². The van der Waals surface area contributed by atoms with Crippen molar-refractivity contribution < 1.29 is 19.0 Å². The van der Waals surface area contributed by atoms with E-state index in [0.29, 0.717) is 32.1 Å². The molecular weight excluding hydrogens is 334 g/mol. The number of rotatable bonds is 11. The fourth-order valence-electron chi connectivity index (χ4n) is 2.35. The van der Waals surface area contributed by atoms with Gasteiger partial charge in [-0.3, -0.25) is 9.79 Å². The van der Waals surface area contributed by atoms with E-state index >= 15 is 0 Å². The summed E-state index contributed by atoms with van der Waals surface area (Å²) in [4.78, 5) is 15.7. The Bertz CT molecular complexity index is 576. The molecule has 0 aliphatic rings. The summed E-state index contributed by atoms with van der Waals surface area (Å²) >= 11 is 0. The van der Waals surface area contributed by atoms with E-state index in [9.17, 15) is 4.79 Å². The normalized spacial score (nSPS) is 11.0. The number of nitrogens with one attached hydrogen (secondary N) is 2. The van der Waals surface area contributed by atoms with Crippen molar-refractivity contribution in [2.75, 3.05) is 40.5 Å². The maximum Gasteiger partial charge on any atom is 0.307 e. The first-order chi connectivity index (χ1) is 12.6. The highest BCUT2D eigenvalue weighted by atomic mass is 16.5. The maximum atomic E-state index is 11.1. The number of ether oxygens (including phenoxy) is 3. The monoisotopic (exact) mass is 365 g/mol. The lowest BCUT2D eigenvalue weighted by atomic mass is 10.1. The summed E-state index contributed by atoms with van der Waals surface area (Å²) in [5.41, 5.74) is 1.19. The van der Waals surface area contributed by atoms with Crippen molar-refractivity contribution >= 4 is 11.9 Å². The molecule has 0 saturated heterocycles. The van der Waals surface area contributed by atoms with Crippen LogP contribution in [-0.4, -0.2) is 52.4 Å². The van der Waals surface area contributed by atoms with Gasteiger partial charge in [-0.25, -0.2) is 0 Å². The van der Waals surface area contributed by atoms with E-state index in [4.69, 9.17) is 9.47 Å². The van der Waals surface area contributed by atoms with Crippen LogP contribution in [0, 0.1) is 0 Å². The van der Waals surface area contributed by atoms with Crippen LogP contribution in [0.25, 0.3) is 0 Å². The van der Waals surface area contributed by atoms with E-state index < -0.39 is 0 Å². The smallest absolute Gasteiger partial charge is 0.307 e. The quantitative estimate of drug-likeness (QED) is 0.271. The number of guanidine groups is 1. The Morgan fingerprint density at radius 2 is 1.96 bits per heavy atom. The van der Waals surface area contributed by atoms with Gasteiger partial charge in [0.05, 0.1) is 27.2 Å². The van der Waals surface area contributed by atoms with Crippen molar-refractivity contribution in [3.05, 3.63) is 23.8 Å². The molecule has 0 atom stereocenters. The third-order valence-electron chi connectivity index (χ3n) is 3.61. The molecule has 0 aliphatic heterocycles. The predicted octanol–water partition coefficient (Wildman–Crippen LogP) is 2.14. The summed E-state index contributed by atoms with van der Waals surface area (Å²) in [5.74, 6) is 1.99. The van der Waals surface area contributed by atoms with Gasteiger partial charge in [0.25, 0.3) is 0 Å². The number of esters is 1. The molecule has 1 rings (SSSR count). The van der Waals surface area contributed by atoms with Gasteiger partial charge < -0.3 is 24.8 Å². The number of aliphatic imine (C=N–C) groups is 1. The molecule has 0 bridgehead atoms. The Hall–Kier alpha value is -2.44. The number of hydrogen-bond donors (Lipinski definition) is 2.